The summed E-state index contributed by atoms with van der Waals surface area (Å²) in [6, 6.07) is 16.3. The Morgan fingerprint density at radius 1 is 0.939 bits per heavy atom. The van der Waals surface area contributed by atoms with E-state index in [1.807, 2.05) is 44.2 Å². The average Bonchev–Trinajstić information content (AvgIpc) is 2.77. The molecule has 33 heavy (non-hydrogen) atoms. The number of hydrogen-bond donors (Lipinski definition) is 1. The van der Waals surface area contributed by atoms with Gasteiger partial charge in [-0.25, -0.2) is 4.79 Å². The van der Waals surface area contributed by atoms with Crippen molar-refractivity contribution in [3.05, 3.63) is 82.9 Å². The molecule has 3 rings (SSSR count). The summed E-state index contributed by atoms with van der Waals surface area (Å²) in [6.07, 6.45) is -3.65. The first-order valence-corrected chi connectivity index (χ1v) is 11.0. The molecule has 0 bridgehead atoms. The van der Waals surface area contributed by atoms with E-state index in [0.717, 1.165) is 33.1 Å². The van der Waals surface area contributed by atoms with Crippen LogP contribution >= 0.6 is 11.8 Å². The van der Waals surface area contributed by atoms with Crippen molar-refractivity contribution in [3.63, 3.8) is 0 Å². The highest BCUT2D eigenvalue weighted by Crippen LogP contribution is 2.34. The van der Waals surface area contributed by atoms with Gasteiger partial charge in [-0.1, -0.05) is 30.8 Å². The SMILES string of the molecule is CCc1cc(Sc2ccc(OCc3ccc(C(F)(F)F)cc3)c(C)c2)ccc1OCC(=O)O. The molecule has 0 radical (unpaired) electrons. The Balaban J connectivity index is 1.64. The van der Waals surface area contributed by atoms with Crippen LogP contribution in [-0.4, -0.2) is 17.7 Å². The third-order valence-electron chi connectivity index (χ3n) is 4.82. The standard InChI is InChI=1S/C25H23F3O4S/c1-3-18-13-21(9-11-23(18)32-15-24(29)30)33-20-8-10-22(16(2)12-20)31-14-17-4-6-19(7-5-17)25(26,27)28/h4-13H,3,14-15H2,1-2H3,(H,29,30). The summed E-state index contributed by atoms with van der Waals surface area (Å²) in [5.74, 6) is 0.199. The first-order chi connectivity index (χ1) is 15.7. The minimum atomic E-state index is -4.35. The molecule has 4 nitrogen and oxygen atoms in total. The van der Waals surface area contributed by atoms with Gasteiger partial charge >= 0.3 is 12.1 Å². The molecule has 0 spiro atoms. The summed E-state index contributed by atoms with van der Waals surface area (Å²) in [5.41, 5.74) is 1.80. The van der Waals surface area contributed by atoms with Crippen molar-refractivity contribution < 1.29 is 32.5 Å². The fourth-order valence-electron chi connectivity index (χ4n) is 3.11. The van der Waals surface area contributed by atoms with Gasteiger partial charge in [0.25, 0.3) is 0 Å². The second-order valence-corrected chi connectivity index (χ2v) is 8.47. The number of aliphatic carboxylic acids is 1. The zero-order chi connectivity index (χ0) is 24.0. The van der Waals surface area contributed by atoms with E-state index in [0.29, 0.717) is 23.5 Å². The molecule has 0 aliphatic carbocycles. The Morgan fingerprint density at radius 2 is 1.58 bits per heavy atom. The van der Waals surface area contributed by atoms with Crippen molar-refractivity contribution in [2.75, 3.05) is 6.61 Å². The molecular formula is C25H23F3O4S. The first-order valence-electron chi connectivity index (χ1n) is 10.2. The maximum atomic E-state index is 12.7. The fourth-order valence-corrected chi connectivity index (χ4v) is 4.09. The number of rotatable bonds is 9. The van der Waals surface area contributed by atoms with Crippen molar-refractivity contribution in [1.82, 2.24) is 0 Å². The van der Waals surface area contributed by atoms with Crippen LogP contribution in [0, 0.1) is 6.92 Å². The predicted molar refractivity (Wildman–Crippen MR) is 120 cm³/mol. The van der Waals surface area contributed by atoms with E-state index in [-0.39, 0.29) is 13.2 Å². The maximum absolute atomic E-state index is 12.7. The van der Waals surface area contributed by atoms with Crippen molar-refractivity contribution in [3.8, 4) is 11.5 Å². The van der Waals surface area contributed by atoms with E-state index in [2.05, 4.69) is 0 Å². The molecule has 1 N–H and O–H groups in total. The number of benzene rings is 3. The summed E-state index contributed by atoms with van der Waals surface area (Å²) in [6.45, 7) is 3.67. The van der Waals surface area contributed by atoms with Crippen LogP contribution in [0.4, 0.5) is 13.2 Å². The molecule has 0 atom stereocenters. The van der Waals surface area contributed by atoms with Crippen LogP contribution < -0.4 is 9.47 Å². The van der Waals surface area contributed by atoms with Crippen LogP contribution in [0.25, 0.3) is 0 Å². The van der Waals surface area contributed by atoms with E-state index >= 15 is 0 Å². The summed E-state index contributed by atoms with van der Waals surface area (Å²) in [7, 11) is 0. The lowest BCUT2D eigenvalue weighted by Gasteiger charge is -2.13. The lowest BCUT2D eigenvalue weighted by molar-refractivity contribution is -0.139. The molecular weight excluding hydrogens is 453 g/mol. The van der Waals surface area contributed by atoms with Gasteiger partial charge in [-0.2, -0.15) is 13.2 Å². The Kier molecular flexibility index (Phi) is 7.92. The molecule has 0 fully saturated rings. The number of ether oxygens (including phenoxy) is 2. The smallest absolute Gasteiger partial charge is 0.416 e. The van der Waals surface area contributed by atoms with Gasteiger partial charge in [0.1, 0.15) is 18.1 Å². The number of carbonyl (C=O) groups is 1. The molecule has 3 aromatic carbocycles. The van der Waals surface area contributed by atoms with Crippen molar-refractivity contribution in [1.29, 1.82) is 0 Å². The molecule has 8 heteroatoms. The topological polar surface area (TPSA) is 55.8 Å². The number of carboxylic acids is 1. The van der Waals surface area contributed by atoms with Crippen LogP contribution in [0.5, 0.6) is 11.5 Å². The van der Waals surface area contributed by atoms with Crippen molar-refractivity contribution in [2.24, 2.45) is 0 Å². The molecule has 0 aliphatic rings. The minimum absolute atomic E-state index is 0.170. The molecule has 0 heterocycles. The number of hydrogen-bond acceptors (Lipinski definition) is 4. The molecule has 0 aliphatic heterocycles. The number of alkyl halides is 3. The summed E-state index contributed by atoms with van der Waals surface area (Å²) < 4.78 is 49.2. The molecule has 0 saturated heterocycles. The van der Waals surface area contributed by atoms with Gasteiger partial charge in [0.2, 0.25) is 0 Å². The number of aryl methyl sites for hydroxylation is 2. The van der Waals surface area contributed by atoms with Crippen LogP contribution in [0.1, 0.15) is 29.2 Å². The average molecular weight is 477 g/mol. The van der Waals surface area contributed by atoms with Gasteiger partial charge in [0.15, 0.2) is 6.61 Å². The molecule has 0 saturated carbocycles. The molecule has 0 amide bonds. The highest BCUT2D eigenvalue weighted by molar-refractivity contribution is 7.99. The molecule has 174 valence electrons. The van der Waals surface area contributed by atoms with Crippen LogP contribution in [0.15, 0.2) is 70.5 Å². The Hall–Kier alpha value is -3.13. The fraction of sp³-hybridized carbons (Fsp3) is 0.240. The van der Waals surface area contributed by atoms with Gasteiger partial charge in [0.05, 0.1) is 5.56 Å². The predicted octanol–water partition coefficient (Wildman–Crippen LogP) is 6.77. The van der Waals surface area contributed by atoms with Gasteiger partial charge < -0.3 is 14.6 Å². The Morgan fingerprint density at radius 3 is 2.15 bits per heavy atom. The number of carboxylic acid groups (broad SMARTS) is 1. The van der Waals surface area contributed by atoms with E-state index in [1.54, 1.807) is 17.8 Å². The van der Waals surface area contributed by atoms with Crippen LogP contribution in [-0.2, 0) is 24.0 Å². The summed E-state index contributed by atoms with van der Waals surface area (Å²) in [4.78, 5) is 12.7. The zero-order valence-electron chi connectivity index (χ0n) is 18.1. The van der Waals surface area contributed by atoms with Gasteiger partial charge in [-0.3, -0.25) is 0 Å². The van der Waals surface area contributed by atoms with Crippen molar-refractivity contribution in [2.45, 2.75) is 42.8 Å². The normalized spacial score (nSPS) is 11.3. The largest absolute Gasteiger partial charge is 0.489 e. The van der Waals surface area contributed by atoms with E-state index in [9.17, 15) is 18.0 Å². The van der Waals surface area contributed by atoms with Gasteiger partial charge in [0, 0.05) is 9.79 Å². The monoisotopic (exact) mass is 476 g/mol. The van der Waals surface area contributed by atoms with Crippen molar-refractivity contribution >= 4 is 17.7 Å². The lowest BCUT2D eigenvalue weighted by Crippen LogP contribution is -2.10. The molecule has 0 unspecified atom stereocenters. The zero-order valence-corrected chi connectivity index (χ0v) is 18.9. The minimum Gasteiger partial charge on any atom is -0.489 e. The van der Waals surface area contributed by atoms with Crippen LogP contribution in [0.3, 0.4) is 0 Å². The third kappa shape index (κ3) is 6.92. The maximum Gasteiger partial charge on any atom is 0.416 e. The third-order valence-corrected chi connectivity index (χ3v) is 5.80. The molecule has 3 aromatic rings. The van der Waals surface area contributed by atoms with E-state index < -0.39 is 17.7 Å². The first kappa shape index (κ1) is 24.5. The Bertz CT molecular complexity index is 1110. The lowest BCUT2D eigenvalue weighted by atomic mass is 10.1. The highest BCUT2D eigenvalue weighted by atomic mass is 32.2. The van der Waals surface area contributed by atoms with E-state index in [4.69, 9.17) is 14.6 Å². The molecule has 0 aromatic heterocycles. The Labute approximate surface area is 194 Å². The van der Waals surface area contributed by atoms with Crippen LogP contribution in [0.2, 0.25) is 0 Å². The van der Waals surface area contributed by atoms with Gasteiger partial charge in [-0.05, 0) is 78.6 Å². The summed E-state index contributed by atoms with van der Waals surface area (Å²) >= 11 is 1.56. The highest BCUT2D eigenvalue weighted by Gasteiger charge is 2.29. The summed E-state index contributed by atoms with van der Waals surface area (Å²) in [5, 5.41) is 8.80. The number of halogens is 3. The second kappa shape index (κ2) is 10.7. The van der Waals surface area contributed by atoms with Gasteiger partial charge in [-0.15, -0.1) is 0 Å². The van der Waals surface area contributed by atoms with E-state index in [1.165, 1.54) is 12.1 Å². The quantitative estimate of drug-likeness (QED) is 0.369. The second-order valence-electron chi connectivity index (χ2n) is 7.32.